The molecular formula is C29H59KO3S. The molecule has 0 fully saturated rings. The maximum Gasteiger partial charge on any atom is 1.00 e. The summed E-state index contributed by atoms with van der Waals surface area (Å²) >= 11 is 0. The van der Waals surface area contributed by atoms with E-state index in [1.54, 1.807) is 0 Å². The zero-order valence-electron chi connectivity index (χ0n) is 23.4. The van der Waals surface area contributed by atoms with Gasteiger partial charge in [-0.05, 0) is 6.42 Å². The summed E-state index contributed by atoms with van der Waals surface area (Å²) in [7, 11) is -4.00. The number of hydrogen-bond donors (Lipinski definition) is 0. The van der Waals surface area contributed by atoms with Gasteiger partial charge >= 0.3 is 51.4 Å². The smallest absolute Gasteiger partial charge is 0.748 e. The second-order valence-corrected chi connectivity index (χ2v) is 12.0. The third-order valence-electron chi connectivity index (χ3n) is 7.00. The average Bonchev–Trinajstić information content (AvgIpc) is 2.78. The molecule has 3 nitrogen and oxygen atoms in total. The van der Waals surface area contributed by atoms with Gasteiger partial charge in [0, 0.05) is 5.75 Å². The molecule has 200 valence electrons. The van der Waals surface area contributed by atoms with Crippen molar-refractivity contribution in [1.29, 1.82) is 0 Å². The van der Waals surface area contributed by atoms with Crippen molar-refractivity contribution < 1.29 is 64.4 Å². The summed E-state index contributed by atoms with van der Waals surface area (Å²) in [5.41, 5.74) is 0. The Hall–Kier alpha value is 1.55. The van der Waals surface area contributed by atoms with E-state index in [9.17, 15) is 13.0 Å². The zero-order chi connectivity index (χ0) is 24.3. The van der Waals surface area contributed by atoms with E-state index in [0.717, 1.165) is 12.8 Å². The minimum atomic E-state index is -4.00. The summed E-state index contributed by atoms with van der Waals surface area (Å²) in [5, 5.41) is 0. The second-order valence-electron chi connectivity index (χ2n) is 10.5. The van der Waals surface area contributed by atoms with Crippen molar-refractivity contribution in [1.82, 2.24) is 0 Å². The molecule has 0 aliphatic carbocycles. The van der Waals surface area contributed by atoms with Gasteiger partial charge in [-0.25, -0.2) is 8.42 Å². The average molecular weight is 527 g/mol. The van der Waals surface area contributed by atoms with Gasteiger partial charge in [-0.1, -0.05) is 174 Å². The molecule has 0 saturated heterocycles. The van der Waals surface area contributed by atoms with Crippen LogP contribution in [0, 0.1) is 0 Å². The number of rotatable bonds is 28. The first-order chi connectivity index (χ1) is 16.1. The van der Waals surface area contributed by atoms with Gasteiger partial charge in [0.2, 0.25) is 0 Å². The summed E-state index contributed by atoms with van der Waals surface area (Å²) in [5.74, 6) is -0.188. The third kappa shape index (κ3) is 35.7. The van der Waals surface area contributed by atoms with Gasteiger partial charge in [-0.3, -0.25) is 0 Å². The van der Waals surface area contributed by atoms with Crippen molar-refractivity contribution in [2.24, 2.45) is 0 Å². The molecule has 0 aromatic heterocycles. The molecule has 0 aromatic rings. The first kappa shape index (κ1) is 37.7. The maximum absolute atomic E-state index is 10.5. The summed E-state index contributed by atoms with van der Waals surface area (Å²) < 4.78 is 31.6. The Balaban J connectivity index is 0. The molecular weight excluding hydrogens is 467 g/mol. The molecule has 0 rings (SSSR count). The van der Waals surface area contributed by atoms with Gasteiger partial charge in [0.05, 0.1) is 10.1 Å². The first-order valence-electron chi connectivity index (χ1n) is 15.0. The van der Waals surface area contributed by atoms with E-state index in [1.165, 1.54) is 154 Å². The predicted molar refractivity (Wildman–Crippen MR) is 145 cm³/mol. The number of hydrogen-bond acceptors (Lipinski definition) is 3. The molecule has 0 atom stereocenters. The van der Waals surface area contributed by atoms with Crippen molar-refractivity contribution in [3.8, 4) is 0 Å². The maximum atomic E-state index is 10.5. The molecule has 0 amide bonds. The van der Waals surface area contributed by atoms with Crippen molar-refractivity contribution in [2.75, 3.05) is 5.75 Å². The van der Waals surface area contributed by atoms with Crippen LogP contribution in [-0.4, -0.2) is 18.7 Å². The van der Waals surface area contributed by atoms with Crippen LogP contribution >= 0.6 is 0 Å². The van der Waals surface area contributed by atoms with E-state index in [2.05, 4.69) is 6.92 Å². The molecule has 0 radical (unpaired) electrons. The monoisotopic (exact) mass is 526 g/mol. The van der Waals surface area contributed by atoms with E-state index >= 15 is 0 Å². The van der Waals surface area contributed by atoms with Gasteiger partial charge in [-0.15, -0.1) is 0 Å². The topological polar surface area (TPSA) is 57.2 Å². The van der Waals surface area contributed by atoms with Crippen LogP contribution in [0.5, 0.6) is 0 Å². The summed E-state index contributed by atoms with van der Waals surface area (Å²) in [6, 6.07) is 0. The van der Waals surface area contributed by atoms with Crippen LogP contribution in [0.3, 0.4) is 0 Å². The van der Waals surface area contributed by atoms with Crippen LogP contribution in [0.4, 0.5) is 0 Å². The molecule has 0 saturated carbocycles. The minimum Gasteiger partial charge on any atom is -0.748 e. The quantitative estimate of drug-likeness (QED) is 0.0621. The Kier molecular flexibility index (Phi) is 34.1. The first-order valence-corrected chi connectivity index (χ1v) is 16.6. The molecule has 0 aromatic carbocycles. The molecule has 34 heavy (non-hydrogen) atoms. The Morgan fingerprint density at radius 2 is 0.559 bits per heavy atom. The van der Waals surface area contributed by atoms with Crippen LogP contribution < -0.4 is 51.4 Å². The van der Waals surface area contributed by atoms with Crippen LogP contribution in [0.2, 0.25) is 0 Å². The van der Waals surface area contributed by atoms with E-state index in [-0.39, 0.29) is 57.1 Å². The Morgan fingerprint density at radius 1 is 0.382 bits per heavy atom. The van der Waals surface area contributed by atoms with Gasteiger partial charge in [0.1, 0.15) is 0 Å². The van der Waals surface area contributed by atoms with E-state index in [4.69, 9.17) is 0 Å². The van der Waals surface area contributed by atoms with Gasteiger partial charge in [-0.2, -0.15) is 0 Å². The van der Waals surface area contributed by atoms with Crippen LogP contribution in [-0.2, 0) is 10.1 Å². The van der Waals surface area contributed by atoms with Crippen molar-refractivity contribution in [2.45, 2.75) is 180 Å². The van der Waals surface area contributed by atoms with E-state index in [0.29, 0.717) is 6.42 Å². The standard InChI is InChI=1S/C29H60O3S.K/c1-2-3-4-5-6-7-8-9-10-11-12-13-14-15-16-17-18-19-20-21-22-23-24-25-26-27-28-29-33(30,31)32;/h2-29H2,1H3,(H,30,31,32);/q;+1/p-1. The second kappa shape index (κ2) is 30.8. The molecule has 0 aliphatic rings. The Labute approximate surface area is 258 Å². The van der Waals surface area contributed by atoms with E-state index in [1.807, 2.05) is 0 Å². The van der Waals surface area contributed by atoms with Crippen LogP contribution in [0.1, 0.15) is 180 Å². The normalized spacial score (nSPS) is 11.6. The fourth-order valence-electron chi connectivity index (χ4n) is 4.77. The zero-order valence-corrected chi connectivity index (χ0v) is 27.4. The van der Waals surface area contributed by atoms with Crippen LogP contribution in [0.15, 0.2) is 0 Å². The fourth-order valence-corrected chi connectivity index (χ4v) is 5.33. The summed E-state index contributed by atoms with van der Waals surface area (Å²) in [6.07, 6.45) is 36.3. The van der Waals surface area contributed by atoms with Gasteiger partial charge in [0.15, 0.2) is 0 Å². The van der Waals surface area contributed by atoms with Crippen molar-refractivity contribution in [3.05, 3.63) is 0 Å². The fraction of sp³-hybridized carbons (Fsp3) is 1.00. The molecule has 5 heteroatoms. The molecule has 0 unspecified atom stereocenters. The molecule has 0 spiro atoms. The number of unbranched alkanes of at least 4 members (excludes halogenated alkanes) is 26. The molecule has 0 aliphatic heterocycles. The third-order valence-corrected chi connectivity index (χ3v) is 7.79. The summed E-state index contributed by atoms with van der Waals surface area (Å²) in [4.78, 5) is 0. The molecule has 0 heterocycles. The van der Waals surface area contributed by atoms with Crippen molar-refractivity contribution in [3.63, 3.8) is 0 Å². The largest absolute Gasteiger partial charge is 1.00 e. The molecule has 0 N–H and O–H groups in total. The van der Waals surface area contributed by atoms with Gasteiger partial charge < -0.3 is 4.55 Å². The van der Waals surface area contributed by atoms with E-state index < -0.39 is 10.1 Å². The summed E-state index contributed by atoms with van der Waals surface area (Å²) in [6.45, 7) is 2.29. The Bertz CT molecular complexity index is 468. The minimum absolute atomic E-state index is 0. The SMILES string of the molecule is CCCCCCCCCCCCCCCCCCCCCCCCCCCCCS(=O)(=O)[O-].[K+]. The van der Waals surface area contributed by atoms with Crippen LogP contribution in [0.25, 0.3) is 0 Å². The van der Waals surface area contributed by atoms with Gasteiger partial charge in [0.25, 0.3) is 0 Å². The molecule has 0 bridgehead atoms. The Morgan fingerprint density at radius 3 is 0.735 bits per heavy atom. The predicted octanol–water partition coefficient (Wildman–Crippen LogP) is 7.09. The van der Waals surface area contributed by atoms with Crippen molar-refractivity contribution >= 4 is 10.1 Å².